The standard InChI is InChI=1S/C16H14ClF4N3O4/c1-9(15-24-23-14(28-15)8-27-16(19,20)21)4-5-22-13(25)7-26-10-2-3-11(17)12(18)6-10/h2-3,6H,1,4-5,7-8H2,(H,22,25). The summed E-state index contributed by atoms with van der Waals surface area (Å²) < 4.78 is 62.8. The van der Waals surface area contributed by atoms with E-state index in [-0.39, 0.29) is 42.1 Å². The summed E-state index contributed by atoms with van der Waals surface area (Å²) in [6.45, 7) is 2.52. The van der Waals surface area contributed by atoms with Crippen LogP contribution in [0.2, 0.25) is 5.02 Å². The molecule has 0 bridgehead atoms. The normalized spacial score (nSPS) is 11.3. The number of ether oxygens (including phenoxy) is 2. The van der Waals surface area contributed by atoms with E-state index in [1.807, 2.05) is 0 Å². The van der Waals surface area contributed by atoms with Crippen LogP contribution in [-0.4, -0.2) is 35.6 Å². The molecule has 0 aliphatic rings. The molecule has 12 heteroatoms. The van der Waals surface area contributed by atoms with Gasteiger partial charge < -0.3 is 14.5 Å². The molecular weight excluding hydrogens is 410 g/mol. The molecule has 1 heterocycles. The lowest BCUT2D eigenvalue weighted by Crippen LogP contribution is -2.29. The number of alkyl halides is 3. The van der Waals surface area contributed by atoms with Gasteiger partial charge in [0.1, 0.15) is 18.2 Å². The van der Waals surface area contributed by atoms with Crippen LogP contribution in [0.5, 0.6) is 5.75 Å². The van der Waals surface area contributed by atoms with E-state index in [2.05, 4.69) is 26.8 Å². The van der Waals surface area contributed by atoms with Crippen LogP contribution < -0.4 is 10.1 Å². The van der Waals surface area contributed by atoms with Crippen molar-refractivity contribution in [3.8, 4) is 5.75 Å². The molecule has 1 aromatic heterocycles. The molecule has 0 saturated carbocycles. The minimum Gasteiger partial charge on any atom is -0.484 e. The zero-order valence-electron chi connectivity index (χ0n) is 14.2. The lowest BCUT2D eigenvalue weighted by molar-refractivity contribution is -0.332. The van der Waals surface area contributed by atoms with E-state index < -0.39 is 24.7 Å². The fourth-order valence-corrected chi connectivity index (χ4v) is 1.94. The molecule has 0 aliphatic heterocycles. The third kappa shape index (κ3) is 7.16. The van der Waals surface area contributed by atoms with Gasteiger partial charge in [-0.1, -0.05) is 18.2 Å². The molecule has 0 spiro atoms. The van der Waals surface area contributed by atoms with Gasteiger partial charge in [-0.25, -0.2) is 4.39 Å². The highest BCUT2D eigenvalue weighted by Gasteiger charge is 2.30. The molecule has 0 fully saturated rings. The number of amides is 1. The highest BCUT2D eigenvalue weighted by Crippen LogP contribution is 2.21. The lowest BCUT2D eigenvalue weighted by Gasteiger charge is -2.08. The highest BCUT2D eigenvalue weighted by molar-refractivity contribution is 6.30. The second-order valence-corrected chi connectivity index (χ2v) is 5.71. The van der Waals surface area contributed by atoms with Crippen molar-refractivity contribution in [2.75, 3.05) is 13.2 Å². The molecule has 1 aromatic carbocycles. The molecule has 0 radical (unpaired) electrons. The van der Waals surface area contributed by atoms with Crippen molar-refractivity contribution >= 4 is 23.1 Å². The van der Waals surface area contributed by atoms with Gasteiger partial charge in [0, 0.05) is 18.2 Å². The van der Waals surface area contributed by atoms with Crippen molar-refractivity contribution < 1.29 is 36.2 Å². The van der Waals surface area contributed by atoms with E-state index in [9.17, 15) is 22.4 Å². The second kappa shape index (κ2) is 9.51. The summed E-state index contributed by atoms with van der Waals surface area (Å²) in [4.78, 5) is 11.7. The Hall–Kier alpha value is -2.66. The number of rotatable bonds is 9. The van der Waals surface area contributed by atoms with Crippen LogP contribution in [0, 0.1) is 5.82 Å². The van der Waals surface area contributed by atoms with Crippen molar-refractivity contribution in [3.63, 3.8) is 0 Å². The maximum absolute atomic E-state index is 13.3. The summed E-state index contributed by atoms with van der Waals surface area (Å²) in [7, 11) is 0. The van der Waals surface area contributed by atoms with Gasteiger partial charge in [-0.3, -0.25) is 9.53 Å². The third-order valence-electron chi connectivity index (χ3n) is 3.14. The van der Waals surface area contributed by atoms with Crippen LogP contribution in [0.3, 0.4) is 0 Å². The zero-order chi connectivity index (χ0) is 20.7. The first-order valence-corrected chi connectivity index (χ1v) is 8.07. The monoisotopic (exact) mass is 423 g/mol. The van der Waals surface area contributed by atoms with E-state index in [1.165, 1.54) is 12.1 Å². The Kier molecular flexibility index (Phi) is 7.35. The maximum Gasteiger partial charge on any atom is 0.523 e. The number of nitrogens with zero attached hydrogens (tertiary/aromatic N) is 2. The summed E-state index contributed by atoms with van der Waals surface area (Å²) in [5.41, 5.74) is 0.312. The Balaban J connectivity index is 1.70. The van der Waals surface area contributed by atoms with Gasteiger partial charge in [0.15, 0.2) is 6.61 Å². The smallest absolute Gasteiger partial charge is 0.484 e. The van der Waals surface area contributed by atoms with E-state index in [1.54, 1.807) is 0 Å². The molecule has 152 valence electrons. The zero-order valence-corrected chi connectivity index (χ0v) is 14.9. The number of halogens is 5. The van der Waals surface area contributed by atoms with Gasteiger partial charge in [0.05, 0.1) is 5.02 Å². The molecule has 28 heavy (non-hydrogen) atoms. The quantitative estimate of drug-likeness (QED) is 0.621. The molecule has 0 unspecified atom stereocenters. The lowest BCUT2D eigenvalue weighted by atomic mass is 10.2. The summed E-state index contributed by atoms with van der Waals surface area (Å²) in [6, 6.07) is 3.76. The van der Waals surface area contributed by atoms with E-state index in [0.717, 1.165) is 6.07 Å². The Labute approximate surface area is 161 Å². The van der Waals surface area contributed by atoms with Crippen LogP contribution in [0.25, 0.3) is 5.57 Å². The molecule has 2 rings (SSSR count). The van der Waals surface area contributed by atoms with Gasteiger partial charge in [0.2, 0.25) is 11.8 Å². The van der Waals surface area contributed by atoms with Crippen LogP contribution in [0.15, 0.2) is 29.2 Å². The number of nitrogens with one attached hydrogen (secondary N) is 1. The van der Waals surface area contributed by atoms with Crippen LogP contribution >= 0.6 is 11.6 Å². The van der Waals surface area contributed by atoms with Crippen LogP contribution in [0.4, 0.5) is 17.6 Å². The molecule has 0 atom stereocenters. The maximum atomic E-state index is 13.3. The number of aromatic nitrogens is 2. The Morgan fingerprint density at radius 3 is 2.75 bits per heavy atom. The average molecular weight is 424 g/mol. The van der Waals surface area contributed by atoms with E-state index >= 15 is 0 Å². The van der Waals surface area contributed by atoms with Crippen molar-refractivity contribution in [2.24, 2.45) is 0 Å². The largest absolute Gasteiger partial charge is 0.523 e. The second-order valence-electron chi connectivity index (χ2n) is 5.30. The Morgan fingerprint density at radius 2 is 2.07 bits per heavy atom. The van der Waals surface area contributed by atoms with Crippen molar-refractivity contribution in [2.45, 2.75) is 19.4 Å². The Morgan fingerprint density at radius 1 is 1.32 bits per heavy atom. The van der Waals surface area contributed by atoms with Gasteiger partial charge in [-0.2, -0.15) is 0 Å². The average Bonchev–Trinajstić information content (AvgIpc) is 3.09. The van der Waals surface area contributed by atoms with Crippen molar-refractivity contribution in [1.29, 1.82) is 0 Å². The molecule has 7 nitrogen and oxygen atoms in total. The number of carbonyl (C=O) groups is 1. The number of hydrogen-bond donors (Lipinski definition) is 1. The molecule has 1 N–H and O–H groups in total. The highest BCUT2D eigenvalue weighted by atomic mass is 35.5. The molecule has 2 aromatic rings. The first-order chi connectivity index (χ1) is 13.1. The number of benzene rings is 1. The van der Waals surface area contributed by atoms with E-state index in [0.29, 0.717) is 5.57 Å². The van der Waals surface area contributed by atoms with E-state index in [4.69, 9.17) is 20.8 Å². The predicted octanol–water partition coefficient (Wildman–Crippen LogP) is 3.50. The fraction of sp³-hybridized carbons (Fsp3) is 0.312. The van der Waals surface area contributed by atoms with Crippen molar-refractivity contribution in [3.05, 3.63) is 47.4 Å². The minimum atomic E-state index is -4.81. The summed E-state index contributed by atoms with van der Waals surface area (Å²) in [5, 5.41) is 9.43. The predicted molar refractivity (Wildman–Crippen MR) is 88.7 cm³/mol. The minimum absolute atomic E-state index is 0.0653. The van der Waals surface area contributed by atoms with Crippen LogP contribution in [0.1, 0.15) is 18.2 Å². The molecule has 0 aliphatic carbocycles. The number of carbonyl (C=O) groups excluding carboxylic acids is 1. The van der Waals surface area contributed by atoms with Gasteiger partial charge in [-0.05, 0) is 18.6 Å². The first kappa shape index (κ1) is 21.6. The number of hydrogen-bond acceptors (Lipinski definition) is 6. The summed E-state index contributed by atoms with van der Waals surface area (Å²) in [6.07, 6.45) is -4.61. The molecule has 0 saturated heterocycles. The summed E-state index contributed by atoms with van der Waals surface area (Å²) >= 11 is 5.54. The molecule has 1 amide bonds. The SMILES string of the molecule is C=C(CCNC(=O)COc1ccc(Cl)c(F)c1)c1nnc(COC(F)(F)F)o1. The summed E-state index contributed by atoms with van der Waals surface area (Å²) in [5.74, 6) is -1.44. The Bertz CT molecular complexity index is 842. The van der Waals surface area contributed by atoms with Gasteiger partial charge >= 0.3 is 6.36 Å². The first-order valence-electron chi connectivity index (χ1n) is 7.70. The third-order valence-corrected chi connectivity index (χ3v) is 3.45. The fourth-order valence-electron chi connectivity index (χ4n) is 1.82. The van der Waals surface area contributed by atoms with Crippen molar-refractivity contribution in [1.82, 2.24) is 15.5 Å². The molecular formula is C16H14ClF4N3O4. The van der Waals surface area contributed by atoms with Crippen LogP contribution in [-0.2, 0) is 16.1 Å². The topological polar surface area (TPSA) is 86.5 Å². The van der Waals surface area contributed by atoms with Gasteiger partial charge in [-0.15, -0.1) is 23.4 Å². The van der Waals surface area contributed by atoms with Gasteiger partial charge in [0.25, 0.3) is 5.91 Å².